The minimum atomic E-state index is -1.12. The van der Waals surface area contributed by atoms with Gasteiger partial charge in [-0.2, -0.15) is 0 Å². The van der Waals surface area contributed by atoms with Gasteiger partial charge in [0.25, 0.3) is 5.91 Å². The van der Waals surface area contributed by atoms with Crippen LogP contribution in [-0.2, 0) is 15.0 Å². The monoisotopic (exact) mass is 233 g/mol. The van der Waals surface area contributed by atoms with E-state index >= 15 is 0 Å². The number of hydrogen-bond donors (Lipinski definition) is 2. The number of benzene rings is 1. The Bertz CT molecular complexity index is 443. The van der Waals surface area contributed by atoms with Crippen molar-refractivity contribution in [2.45, 2.75) is 31.3 Å². The molecule has 1 unspecified atom stereocenters. The van der Waals surface area contributed by atoms with Crippen LogP contribution in [0.3, 0.4) is 0 Å². The average Bonchev–Trinajstić information content (AvgIpc) is 2.35. The molecule has 2 rings (SSSR count). The zero-order valence-electron chi connectivity index (χ0n) is 9.64. The molecule has 2 atom stereocenters. The minimum absolute atomic E-state index is 0.151. The van der Waals surface area contributed by atoms with Crippen molar-refractivity contribution in [3.05, 3.63) is 35.9 Å². The Morgan fingerprint density at radius 2 is 2.00 bits per heavy atom. The maximum absolute atomic E-state index is 12.1. The Morgan fingerprint density at radius 1 is 1.35 bits per heavy atom. The van der Waals surface area contributed by atoms with Gasteiger partial charge in [-0.25, -0.2) is 0 Å². The molecular formula is C13H15NO3. The van der Waals surface area contributed by atoms with E-state index in [2.05, 4.69) is 5.32 Å². The second-order valence-electron chi connectivity index (χ2n) is 4.34. The summed E-state index contributed by atoms with van der Waals surface area (Å²) in [4.78, 5) is 23.3. The van der Waals surface area contributed by atoms with Crippen molar-refractivity contribution in [3.63, 3.8) is 0 Å². The van der Waals surface area contributed by atoms with E-state index in [1.807, 2.05) is 37.3 Å². The number of piperidine rings is 1. The molecule has 2 amide bonds. The summed E-state index contributed by atoms with van der Waals surface area (Å²) in [6, 6.07) is 9.28. The predicted molar refractivity (Wildman–Crippen MR) is 62.2 cm³/mol. The highest BCUT2D eigenvalue weighted by Gasteiger charge is 2.46. The van der Waals surface area contributed by atoms with Gasteiger partial charge in [-0.15, -0.1) is 0 Å². The number of aliphatic hydroxyl groups is 1. The number of rotatable bonds is 2. The fourth-order valence-corrected chi connectivity index (χ4v) is 2.35. The van der Waals surface area contributed by atoms with Gasteiger partial charge in [0.1, 0.15) is 6.10 Å². The van der Waals surface area contributed by atoms with Crippen LogP contribution in [0.4, 0.5) is 0 Å². The van der Waals surface area contributed by atoms with E-state index in [1.54, 1.807) is 0 Å². The summed E-state index contributed by atoms with van der Waals surface area (Å²) in [6.07, 6.45) is -0.418. The molecule has 0 spiro atoms. The quantitative estimate of drug-likeness (QED) is 0.740. The third-order valence-corrected chi connectivity index (χ3v) is 3.45. The van der Waals surface area contributed by atoms with Crippen LogP contribution < -0.4 is 5.32 Å². The van der Waals surface area contributed by atoms with Gasteiger partial charge in [-0.3, -0.25) is 14.9 Å². The first-order valence-corrected chi connectivity index (χ1v) is 5.69. The van der Waals surface area contributed by atoms with Crippen LogP contribution in [0.25, 0.3) is 0 Å². The molecule has 1 aliphatic rings. The largest absolute Gasteiger partial charge is 0.383 e. The Kier molecular flexibility index (Phi) is 2.98. The summed E-state index contributed by atoms with van der Waals surface area (Å²) in [5, 5.41) is 11.9. The van der Waals surface area contributed by atoms with E-state index in [9.17, 15) is 14.7 Å². The van der Waals surface area contributed by atoms with Crippen LogP contribution in [0.2, 0.25) is 0 Å². The van der Waals surface area contributed by atoms with E-state index in [0.29, 0.717) is 6.42 Å². The van der Waals surface area contributed by atoms with E-state index in [4.69, 9.17) is 0 Å². The first kappa shape index (κ1) is 11.8. The summed E-state index contributed by atoms with van der Waals surface area (Å²) in [5.74, 6) is -0.920. The molecule has 0 aromatic heterocycles. The molecule has 0 radical (unpaired) electrons. The SMILES string of the molecule is CC[C@]1(c2ccccc2)CC(O)C(=O)NC1=O. The third kappa shape index (κ3) is 1.85. The topological polar surface area (TPSA) is 66.4 Å². The fraction of sp³-hybridized carbons (Fsp3) is 0.385. The van der Waals surface area contributed by atoms with Gasteiger partial charge in [0.2, 0.25) is 5.91 Å². The maximum atomic E-state index is 12.1. The number of carbonyl (C=O) groups is 2. The zero-order valence-corrected chi connectivity index (χ0v) is 9.64. The lowest BCUT2D eigenvalue weighted by atomic mass is 9.71. The Balaban J connectivity index is 2.44. The van der Waals surface area contributed by atoms with Crippen LogP contribution in [-0.4, -0.2) is 23.0 Å². The van der Waals surface area contributed by atoms with Crippen molar-refractivity contribution in [3.8, 4) is 0 Å². The second-order valence-corrected chi connectivity index (χ2v) is 4.34. The van der Waals surface area contributed by atoms with Crippen molar-refractivity contribution in [2.24, 2.45) is 0 Å². The molecule has 17 heavy (non-hydrogen) atoms. The summed E-state index contributed by atoms with van der Waals surface area (Å²) < 4.78 is 0. The molecule has 1 aromatic rings. The normalized spacial score (nSPS) is 28.9. The van der Waals surface area contributed by atoms with Crippen LogP contribution >= 0.6 is 0 Å². The fourth-order valence-electron chi connectivity index (χ4n) is 2.35. The number of hydrogen-bond acceptors (Lipinski definition) is 3. The zero-order chi connectivity index (χ0) is 12.5. The van der Waals surface area contributed by atoms with E-state index in [-0.39, 0.29) is 12.3 Å². The summed E-state index contributed by atoms with van der Waals surface area (Å²) in [6.45, 7) is 1.88. The first-order valence-electron chi connectivity index (χ1n) is 5.69. The molecular weight excluding hydrogens is 218 g/mol. The van der Waals surface area contributed by atoms with Crippen molar-refractivity contribution >= 4 is 11.8 Å². The van der Waals surface area contributed by atoms with Crippen molar-refractivity contribution < 1.29 is 14.7 Å². The van der Waals surface area contributed by atoms with Crippen LogP contribution in [0.1, 0.15) is 25.3 Å². The number of amides is 2. The smallest absolute Gasteiger partial charge is 0.255 e. The highest BCUT2D eigenvalue weighted by Crippen LogP contribution is 2.35. The maximum Gasteiger partial charge on any atom is 0.255 e. The highest BCUT2D eigenvalue weighted by atomic mass is 16.3. The summed E-state index contributed by atoms with van der Waals surface area (Å²) >= 11 is 0. The van der Waals surface area contributed by atoms with E-state index in [1.165, 1.54) is 0 Å². The lowest BCUT2D eigenvalue weighted by molar-refractivity contribution is -0.145. The van der Waals surface area contributed by atoms with Crippen molar-refractivity contribution in [1.82, 2.24) is 5.32 Å². The molecule has 0 aliphatic carbocycles. The molecule has 4 nitrogen and oxygen atoms in total. The molecule has 0 saturated carbocycles. The number of nitrogens with one attached hydrogen (secondary N) is 1. The molecule has 90 valence electrons. The number of carbonyl (C=O) groups excluding carboxylic acids is 2. The van der Waals surface area contributed by atoms with Gasteiger partial charge < -0.3 is 5.11 Å². The Hall–Kier alpha value is -1.68. The second kappa shape index (κ2) is 4.30. The lowest BCUT2D eigenvalue weighted by Crippen LogP contribution is -2.57. The first-order chi connectivity index (χ1) is 8.10. The minimum Gasteiger partial charge on any atom is -0.383 e. The molecule has 0 bridgehead atoms. The van der Waals surface area contributed by atoms with Crippen LogP contribution in [0.5, 0.6) is 0 Å². The van der Waals surface area contributed by atoms with Crippen molar-refractivity contribution in [1.29, 1.82) is 0 Å². The predicted octanol–water partition coefficient (Wildman–Crippen LogP) is 0.742. The summed E-state index contributed by atoms with van der Waals surface area (Å²) in [7, 11) is 0. The van der Waals surface area contributed by atoms with Gasteiger partial charge in [-0.05, 0) is 12.0 Å². The molecule has 1 aromatic carbocycles. The number of aliphatic hydroxyl groups excluding tert-OH is 1. The molecule has 1 saturated heterocycles. The van der Waals surface area contributed by atoms with Gasteiger partial charge in [0, 0.05) is 6.42 Å². The highest BCUT2D eigenvalue weighted by molar-refractivity contribution is 6.05. The third-order valence-electron chi connectivity index (χ3n) is 3.45. The Morgan fingerprint density at radius 3 is 2.59 bits per heavy atom. The molecule has 1 heterocycles. The van der Waals surface area contributed by atoms with E-state index < -0.39 is 17.4 Å². The van der Waals surface area contributed by atoms with Crippen LogP contribution in [0.15, 0.2) is 30.3 Å². The van der Waals surface area contributed by atoms with Gasteiger partial charge in [-0.1, -0.05) is 37.3 Å². The van der Waals surface area contributed by atoms with Crippen molar-refractivity contribution in [2.75, 3.05) is 0 Å². The molecule has 1 fully saturated rings. The Labute approximate surface area is 99.6 Å². The van der Waals surface area contributed by atoms with Crippen LogP contribution in [0, 0.1) is 0 Å². The average molecular weight is 233 g/mol. The standard InChI is InChI=1S/C13H15NO3/c1-2-13(9-6-4-3-5-7-9)8-10(15)11(16)14-12(13)17/h3-7,10,15H,2,8H2,1H3,(H,14,16,17)/t10?,13-/m1/s1. The molecule has 4 heteroatoms. The van der Waals surface area contributed by atoms with Gasteiger partial charge in [0.05, 0.1) is 5.41 Å². The van der Waals surface area contributed by atoms with E-state index in [0.717, 1.165) is 5.56 Å². The van der Waals surface area contributed by atoms with Gasteiger partial charge in [0.15, 0.2) is 0 Å². The number of imide groups is 1. The molecule has 2 N–H and O–H groups in total. The lowest BCUT2D eigenvalue weighted by Gasteiger charge is -2.37. The summed E-state index contributed by atoms with van der Waals surface area (Å²) in [5.41, 5.74) is 0.0424. The molecule has 1 aliphatic heterocycles. The van der Waals surface area contributed by atoms with Gasteiger partial charge >= 0.3 is 0 Å².